The normalized spacial score (nSPS) is 18.5. The van der Waals surface area contributed by atoms with E-state index >= 15 is 0 Å². The Balaban J connectivity index is 1.52. The minimum atomic E-state index is -3.81. The van der Waals surface area contributed by atoms with E-state index in [1.807, 2.05) is 6.92 Å². The van der Waals surface area contributed by atoms with Crippen LogP contribution in [0, 0.1) is 17.5 Å². The molecule has 4 rings (SSSR count). The van der Waals surface area contributed by atoms with E-state index in [0.717, 1.165) is 12.1 Å². The van der Waals surface area contributed by atoms with Gasteiger partial charge >= 0.3 is 6.11 Å². The highest BCUT2D eigenvalue weighted by atomic mass is 19.3. The highest BCUT2D eigenvalue weighted by molar-refractivity contribution is 5.71. The van der Waals surface area contributed by atoms with Gasteiger partial charge in [-0.05, 0) is 67.6 Å². The van der Waals surface area contributed by atoms with Crippen molar-refractivity contribution in [3.05, 3.63) is 77.6 Å². The highest BCUT2D eigenvalue weighted by Crippen LogP contribution is 2.37. The van der Waals surface area contributed by atoms with Gasteiger partial charge in [-0.2, -0.15) is 13.2 Å². The summed E-state index contributed by atoms with van der Waals surface area (Å²) in [4.78, 5) is 0. The lowest BCUT2D eigenvalue weighted by Crippen LogP contribution is -2.35. The molecule has 3 nitrogen and oxygen atoms in total. The first-order chi connectivity index (χ1) is 16.7. The topological polar surface area (TPSA) is 27.7 Å². The van der Waals surface area contributed by atoms with E-state index in [2.05, 4.69) is 0 Å². The van der Waals surface area contributed by atoms with Gasteiger partial charge in [-0.3, -0.25) is 0 Å². The lowest BCUT2D eigenvalue weighted by atomic mass is 9.98. The molecule has 1 fully saturated rings. The molecular formula is C27H25F5O3. The number of hydrogen-bond acceptors (Lipinski definition) is 3. The Kier molecular flexibility index (Phi) is 7.42. The molecule has 186 valence electrons. The third-order valence-corrected chi connectivity index (χ3v) is 5.94. The van der Waals surface area contributed by atoms with E-state index < -0.39 is 35.2 Å². The van der Waals surface area contributed by atoms with Crippen molar-refractivity contribution < 1.29 is 36.2 Å². The molecule has 35 heavy (non-hydrogen) atoms. The fraction of sp³-hybridized carbons (Fsp3) is 0.333. The lowest BCUT2D eigenvalue weighted by molar-refractivity contribution is -0.289. The molecule has 0 radical (unpaired) electrons. The maximum Gasteiger partial charge on any atom is 0.386 e. The molecule has 1 aliphatic heterocycles. The van der Waals surface area contributed by atoms with Crippen LogP contribution in [0.2, 0.25) is 0 Å². The zero-order chi connectivity index (χ0) is 25.2. The van der Waals surface area contributed by atoms with Crippen LogP contribution in [0.3, 0.4) is 0 Å². The summed E-state index contributed by atoms with van der Waals surface area (Å²) in [5, 5.41) is 0. The van der Waals surface area contributed by atoms with Gasteiger partial charge in [-0.25, -0.2) is 8.78 Å². The Morgan fingerprint density at radius 3 is 2.20 bits per heavy atom. The van der Waals surface area contributed by atoms with Gasteiger partial charge in [0.05, 0.1) is 31.0 Å². The largest absolute Gasteiger partial charge is 0.491 e. The van der Waals surface area contributed by atoms with Gasteiger partial charge in [0.1, 0.15) is 5.82 Å². The third kappa shape index (κ3) is 5.49. The smallest absolute Gasteiger partial charge is 0.386 e. The number of hydrogen-bond donors (Lipinski definition) is 0. The predicted octanol–water partition coefficient (Wildman–Crippen LogP) is 7.47. The number of rotatable bonds is 7. The average molecular weight is 492 g/mol. The lowest BCUT2D eigenvalue weighted by Gasteiger charge is -2.30. The van der Waals surface area contributed by atoms with Crippen LogP contribution in [0.5, 0.6) is 5.75 Å². The Bertz CT molecular complexity index is 1170. The van der Waals surface area contributed by atoms with E-state index in [0.29, 0.717) is 29.5 Å². The van der Waals surface area contributed by atoms with Crippen molar-refractivity contribution in [1.29, 1.82) is 0 Å². The van der Waals surface area contributed by atoms with Crippen LogP contribution in [0.15, 0.2) is 54.6 Å². The van der Waals surface area contributed by atoms with Gasteiger partial charge in [0.15, 0.2) is 11.6 Å². The first kappa shape index (κ1) is 25.1. The molecule has 2 atom stereocenters. The van der Waals surface area contributed by atoms with Gasteiger partial charge in [-0.1, -0.05) is 30.3 Å². The second kappa shape index (κ2) is 10.3. The molecule has 3 aromatic carbocycles. The van der Waals surface area contributed by atoms with Crippen molar-refractivity contribution in [3.8, 4) is 28.0 Å². The molecule has 0 aliphatic carbocycles. The van der Waals surface area contributed by atoms with E-state index in [1.54, 1.807) is 31.2 Å². The molecule has 1 saturated heterocycles. The van der Waals surface area contributed by atoms with Crippen LogP contribution in [-0.4, -0.2) is 25.4 Å². The third-order valence-electron chi connectivity index (χ3n) is 5.94. The molecule has 2 unspecified atom stereocenters. The highest BCUT2D eigenvalue weighted by Gasteiger charge is 2.39. The molecule has 0 spiro atoms. The summed E-state index contributed by atoms with van der Waals surface area (Å²) >= 11 is 0. The van der Waals surface area contributed by atoms with E-state index in [4.69, 9.17) is 14.2 Å². The van der Waals surface area contributed by atoms with Gasteiger partial charge < -0.3 is 14.2 Å². The SMILES string of the molecule is CCOc1ccc(-c2ccc(-c3ccc(C(F)(F)OC4CCC(C)OC4)c(F)c3)cc2)c(F)c1F. The molecule has 0 N–H and O–H groups in total. The average Bonchev–Trinajstić information content (AvgIpc) is 2.83. The zero-order valence-electron chi connectivity index (χ0n) is 19.3. The molecule has 0 amide bonds. The van der Waals surface area contributed by atoms with Crippen LogP contribution < -0.4 is 4.74 Å². The molecule has 0 saturated carbocycles. The molecule has 0 aromatic heterocycles. The van der Waals surface area contributed by atoms with Gasteiger partial charge in [0.25, 0.3) is 0 Å². The zero-order valence-corrected chi connectivity index (χ0v) is 19.3. The molecule has 3 aromatic rings. The molecule has 1 heterocycles. The van der Waals surface area contributed by atoms with Gasteiger partial charge in [0, 0.05) is 5.56 Å². The summed E-state index contributed by atoms with van der Waals surface area (Å²) in [5.74, 6) is -3.41. The quantitative estimate of drug-likeness (QED) is 0.320. The predicted molar refractivity (Wildman–Crippen MR) is 122 cm³/mol. The van der Waals surface area contributed by atoms with Crippen molar-refractivity contribution >= 4 is 0 Å². The minimum Gasteiger partial charge on any atom is -0.491 e. The summed E-state index contributed by atoms with van der Waals surface area (Å²) in [6.07, 6.45) is -3.65. The van der Waals surface area contributed by atoms with Crippen molar-refractivity contribution in [2.45, 2.75) is 45.0 Å². The van der Waals surface area contributed by atoms with Crippen molar-refractivity contribution in [1.82, 2.24) is 0 Å². The van der Waals surface area contributed by atoms with Crippen molar-refractivity contribution in [2.75, 3.05) is 13.2 Å². The van der Waals surface area contributed by atoms with E-state index in [-0.39, 0.29) is 30.6 Å². The standard InChI is InChI=1S/C27H25F5O3/c1-3-33-24-13-11-21(25(29)26(24)30)18-7-5-17(6-8-18)19-9-12-22(23(28)14-19)27(31,32)35-20-10-4-16(2)34-15-20/h5-9,11-14,16,20H,3-4,10,15H2,1-2H3. The minimum absolute atomic E-state index is 0.0177. The monoisotopic (exact) mass is 492 g/mol. The summed E-state index contributed by atoms with van der Waals surface area (Å²) in [7, 11) is 0. The Morgan fingerprint density at radius 1 is 0.886 bits per heavy atom. The maximum atomic E-state index is 14.7. The second-order valence-corrected chi connectivity index (χ2v) is 8.42. The summed E-state index contributed by atoms with van der Waals surface area (Å²) in [6.45, 7) is 3.75. The number of ether oxygens (including phenoxy) is 3. The molecular weight excluding hydrogens is 467 g/mol. The molecule has 8 heteroatoms. The summed E-state index contributed by atoms with van der Waals surface area (Å²) < 4.78 is 87.9. The molecule has 0 bridgehead atoms. The van der Waals surface area contributed by atoms with E-state index in [1.165, 1.54) is 18.2 Å². The van der Waals surface area contributed by atoms with Crippen LogP contribution in [-0.2, 0) is 15.6 Å². The Morgan fingerprint density at radius 2 is 1.57 bits per heavy atom. The van der Waals surface area contributed by atoms with Crippen molar-refractivity contribution in [2.24, 2.45) is 0 Å². The second-order valence-electron chi connectivity index (χ2n) is 8.42. The fourth-order valence-corrected chi connectivity index (χ4v) is 4.02. The Labute approximate surface area is 200 Å². The number of alkyl halides is 2. The van der Waals surface area contributed by atoms with Crippen LogP contribution in [0.4, 0.5) is 22.0 Å². The molecule has 1 aliphatic rings. The first-order valence-electron chi connectivity index (χ1n) is 11.4. The van der Waals surface area contributed by atoms with E-state index in [9.17, 15) is 22.0 Å². The summed E-state index contributed by atoms with van der Waals surface area (Å²) in [6, 6.07) is 12.3. The van der Waals surface area contributed by atoms with Crippen LogP contribution in [0.1, 0.15) is 32.3 Å². The number of halogens is 5. The van der Waals surface area contributed by atoms with Crippen LogP contribution >= 0.6 is 0 Å². The first-order valence-corrected chi connectivity index (χ1v) is 11.4. The van der Waals surface area contributed by atoms with Crippen molar-refractivity contribution in [3.63, 3.8) is 0 Å². The van der Waals surface area contributed by atoms with Gasteiger partial charge in [-0.15, -0.1) is 0 Å². The van der Waals surface area contributed by atoms with Crippen LogP contribution in [0.25, 0.3) is 22.3 Å². The summed E-state index contributed by atoms with van der Waals surface area (Å²) in [5.41, 5.74) is 0.446. The van der Waals surface area contributed by atoms with Gasteiger partial charge in [0.2, 0.25) is 5.82 Å². The number of benzene rings is 3. The maximum absolute atomic E-state index is 14.7. The Hall–Kier alpha value is -2.97. The fourth-order valence-electron chi connectivity index (χ4n) is 4.02.